The smallest absolute Gasteiger partial charge is 0.227 e. The second-order valence-electron chi connectivity index (χ2n) is 8.67. The summed E-state index contributed by atoms with van der Waals surface area (Å²) in [5.74, 6) is 1.25. The Morgan fingerprint density at radius 2 is 1.71 bits per heavy atom. The van der Waals surface area contributed by atoms with E-state index in [0.717, 1.165) is 34.7 Å². The molecule has 1 fully saturated rings. The molecule has 1 aliphatic heterocycles. The number of anilines is 1. The van der Waals surface area contributed by atoms with Crippen molar-refractivity contribution in [3.8, 4) is 0 Å². The van der Waals surface area contributed by atoms with Crippen molar-refractivity contribution in [3.05, 3.63) is 94.8 Å². The molecule has 2 heterocycles. The highest BCUT2D eigenvalue weighted by atomic mass is 16.2. The first-order chi connectivity index (χ1) is 15.0. The van der Waals surface area contributed by atoms with Gasteiger partial charge in [0.2, 0.25) is 5.91 Å². The lowest BCUT2D eigenvalue weighted by atomic mass is 10.1. The molecule has 4 heteroatoms. The molecule has 31 heavy (non-hydrogen) atoms. The molecule has 0 saturated carbocycles. The van der Waals surface area contributed by atoms with Crippen molar-refractivity contribution in [3.63, 3.8) is 0 Å². The van der Waals surface area contributed by atoms with Crippen molar-refractivity contribution in [1.29, 1.82) is 0 Å². The molecule has 1 aliphatic rings. The molecule has 1 atom stereocenters. The van der Waals surface area contributed by atoms with E-state index in [1.54, 1.807) is 0 Å². The molecule has 0 radical (unpaired) electrons. The number of carbonyl (C=O) groups excluding carboxylic acids is 1. The largest absolute Gasteiger partial charge is 0.323 e. The normalized spacial score (nSPS) is 16.4. The van der Waals surface area contributed by atoms with Crippen LogP contribution in [0.2, 0.25) is 0 Å². The predicted octanol–water partition coefficient (Wildman–Crippen LogP) is 5.53. The lowest BCUT2D eigenvalue weighted by Gasteiger charge is -2.20. The maximum atomic E-state index is 13.0. The summed E-state index contributed by atoms with van der Waals surface area (Å²) in [6.07, 6.45) is 0.490. The third kappa shape index (κ3) is 3.52. The molecule has 5 rings (SSSR count). The minimum Gasteiger partial charge on any atom is -0.323 e. The van der Waals surface area contributed by atoms with Gasteiger partial charge in [-0.25, -0.2) is 4.98 Å². The molecule has 1 aromatic heterocycles. The van der Waals surface area contributed by atoms with Crippen LogP contribution in [0.5, 0.6) is 0 Å². The van der Waals surface area contributed by atoms with Crippen LogP contribution in [0, 0.1) is 20.8 Å². The van der Waals surface area contributed by atoms with Gasteiger partial charge in [-0.15, -0.1) is 0 Å². The van der Waals surface area contributed by atoms with E-state index in [1.165, 1.54) is 16.7 Å². The molecule has 4 nitrogen and oxygen atoms in total. The number of aryl methyl sites for hydroxylation is 3. The third-order valence-electron chi connectivity index (χ3n) is 6.41. The van der Waals surface area contributed by atoms with Gasteiger partial charge in [0.05, 0.1) is 11.0 Å². The summed E-state index contributed by atoms with van der Waals surface area (Å²) in [6, 6.07) is 23.1. The van der Waals surface area contributed by atoms with E-state index >= 15 is 0 Å². The van der Waals surface area contributed by atoms with Crippen LogP contribution in [0.3, 0.4) is 0 Å². The number of fused-ring (bicyclic) bond motifs is 1. The molecule has 0 N–H and O–H groups in total. The Kier molecular flexibility index (Phi) is 4.85. The molecule has 0 bridgehead atoms. The zero-order valence-corrected chi connectivity index (χ0v) is 18.3. The topological polar surface area (TPSA) is 38.1 Å². The molecular weight excluding hydrogens is 382 g/mol. The van der Waals surface area contributed by atoms with E-state index in [2.05, 4.69) is 86.0 Å². The lowest BCUT2D eigenvalue weighted by Crippen LogP contribution is -2.25. The van der Waals surface area contributed by atoms with E-state index in [9.17, 15) is 4.79 Å². The van der Waals surface area contributed by atoms with Crippen molar-refractivity contribution in [2.75, 3.05) is 11.4 Å². The number of hydrogen-bond donors (Lipinski definition) is 0. The van der Waals surface area contributed by atoms with Crippen molar-refractivity contribution in [2.45, 2.75) is 39.7 Å². The first kappa shape index (κ1) is 19.6. The zero-order chi connectivity index (χ0) is 21.5. The van der Waals surface area contributed by atoms with Crippen LogP contribution in [0.15, 0.2) is 66.7 Å². The number of carbonyl (C=O) groups is 1. The zero-order valence-electron chi connectivity index (χ0n) is 18.3. The van der Waals surface area contributed by atoms with Crippen LogP contribution in [0.4, 0.5) is 5.69 Å². The fourth-order valence-electron chi connectivity index (χ4n) is 4.75. The minimum atomic E-state index is 0.0737. The third-order valence-corrected chi connectivity index (χ3v) is 6.41. The molecule has 156 valence electrons. The number of nitrogens with zero attached hydrogens (tertiary/aromatic N) is 3. The molecule has 1 unspecified atom stereocenters. The van der Waals surface area contributed by atoms with Crippen LogP contribution in [-0.2, 0) is 11.3 Å². The fraction of sp³-hybridized carbons (Fsp3) is 0.259. The lowest BCUT2D eigenvalue weighted by molar-refractivity contribution is -0.117. The van der Waals surface area contributed by atoms with Crippen LogP contribution in [0.1, 0.15) is 40.4 Å². The van der Waals surface area contributed by atoms with E-state index < -0.39 is 0 Å². The van der Waals surface area contributed by atoms with Gasteiger partial charge >= 0.3 is 0 Å². The van der Waals surface area contributed by atoms with Gasteiger partial charge < -0.3 is 9.47 Å². The van der Waals surface area contributed by atoms with Gasteiger partial charge in [-0.05, 0) is 55.7 Å². The van der Waals surface area contributed by atoms with Gasteiger partial charge in [0.15, 0.2) is 0 Å². The Morgan fingerprint density at radius 3 is 2.52 bits per heavy atom. The fourth-order valence-corrected chi connectivity index (χ4v) is 4.75. The van der Waals surface area contributed by atoms with Crippen molar-refractivity contribution >= 4 is 22.6 Å². The quantitative estimate of drug-likeness (QED) is 0.444. The Morgan fingerprint density at radius 1 is 0.935 bits per heavy atom. The number of imidazole rings is 1. The number of benzene rings is 3. The summed E-state index contributed by atoms with van der Waals surface area (Å²) in [7, 11) is 0. The Balaban J connectivity index is 1.54. The molecule has 0 aliphatic carbocycles. The number of hydrogen-bond acceptors (Lipinski definition) is 2. The van der Waals surface area contributed by atoms with E-state index in [4.69, 9.17) is 4.98 Å². The van der Waals surface area contributed by atoms with Gasteiger partial charge in [0, 0.05) is 31.1 Å². The number of rotatable bonds is 4. The van der Waals surface area contributed by atoms with Crippen LogP contribution in [-0.4, -0.2) is 22.0 Å². The molecule has 0 spiro atoms. The van der Waals surface area contributed by atoms with Crippen LogP contribution < -0.4 is 4.90 Å². The molecule has 1 amide bonds. The highest BCUT2D eigenvalue weighted by molar-refractivity contribution is 5.97. The average Bonchev–Trinajstić information content (AvgIpc) is 3.30. The SMILES string of the molecule is Cc1ccc(N2CC(c3nc4ccccc4n3Cc3ccccc3C)CC2=O)c(C)c1. The second kappa shape index (κ2) is 7.69. The number of aromatic nitrogens is 2. The monoisotopic (exact) mass is 409 g/mol. The maximum absolute atomic E-state index is 13.0. The molecule has 3 aromatic carbocycles. The molecule has 4 aromatic rings. The number of amides is 1. The summed E-state index contributed by atoms with van der Waals surface area (Å²) in [6.45, 7) is 7.74. The first-order valence-corrected chi connectivity index (χ1v) is 10.9. The Hall–Kier alpha value is -3.40. The van der Waals surface area contributed by atoms with E-state index in [1.807, 2.05) is 11.0 Å². The number of para-hydroxylation sites is 2. The van der Waals surface area contributed by atoms with Gasteiger partial charge in [-0.1, -0.05) is 54.1 Å². The van der Waals surface area contributed by atoms with Gasteiger partial charge in [-0.3, -0.25) is 4.79 Å². The van der Waals surface area contributed by atoms with Gasteiger partial charge in [0.1, 0.15) is 5.82 Å². The standard InChI is InChI=1S/C27H27N3O/c1-18-12-13-24(20(3)14-18)29-17-22(15-26(29)31)27-28-23-10-6-7-11-25(23)30(27)16-21-9-5-4-8-19(21)2/h4-14,22H,15-17H2,1-3H3. The van der Waals surface area contributed by atoms with Gasteiger partial charge in [-0.2, -0.15) is 0 Å². The molecule has 1 saturated heterocycles. The van der Waals surface area contributed by atoms with Crippen LogP contribution >= 0.6 is 0 Å². The Labute approximate surface area is 183 Å². The first-order valence-electron chi connectivity index (χ1n) is 10.9. The highest BCUT2D eigenvalue weighted by Gasteiger charge is 2.35. The summed E-state index contributed by atoms with van der Waals surface area (Å²) in [5, 5.41) is 0. The summed E-state index contributed by atoms with van der Waals surface area (Å²) in [4.78, 5) is 20.0. The summed E-state index contributed by atoms with van der Waals surface area (Å²) < 4.78 is 2.31. The summed E-state index contributed by atoms with van der Waals surface area (Å²) >= 11 is 0. The van der Waals surface area contributed by atoms with Crippen molar-refractivity contribution in [1.82, 2.24) is 9.55 Å². The average molecular weight is 410 g/mol. The van der Waals surface area contributed by atoms with Gasteiger partial charge in [0.25, 0.3) is 0 Å². The highest BCUT2D eigenvalue weighted by Crippen LogP contribution is 2.35. The molecular formula is C27H27N3O. The minimum absolute atomic E-state index is 0.0737. The second-order valence-corrected chi connectivity index (χ2v) is 8.67. The van der Waals surface area contributed by atoms with Crippen molar-refractivity contribution in [2.24, 2.45) is 0 Å². The predicted molar refractivity (Wildman–Crippen MR) is 126 cm³/mol. The maximum Gasteiger partial charge on any atom is 0.227 e. The van der Waals surface area contributed by atoms with Crippen LogP contribution in [0.25, 0.3) is 11.0 Å². The van der Waals surface area contributed by atoms with Crippen molar-refractivity contribution < 1.29 is 4.79 Å². The van der Waals surface area contributed by atoms with E-state index in [0.29, 0.717) is 13.0 Å². The summed E-state index contributed by atoms with van der Waals surface area (Å²) in [5.41, 5.74) is 8.03. The Bertz CT molecular complexity index is 1290. The van der Waals surface area contributed by atoms with E-state index in [-0.39, 0.29) is 11.8 Å².